The van der Waals surface area contributed by atoms with Gasteiger partial charge in [-0.05, 0) is 51.6 Å². The van der Waals surface area contributed by atoms with Crippen molar-refractivity contribution in [2.75, 3.05) is 32.8 Å². The topological polar surface area (TPSA) is 32.7 Å². The van der Waals surface area contributed by atoms with Gasteiger partial charge in [0.05, 0.1) is 12.7 Å². The van der Waals surface area contributed by atoms with Crippen molar-refractivity contribution in [1.29, 1.82) is 0 Å². The van der Waals surface area contributed by atoms with Gasteiger partial charge in [-0.2, -0.15) is 0 Å². The number of hydrogen-bond acceptors (Lipinski definition) is 3. The van der Waals surface area contributed by atoms with Gasteiger partial charge >= 0.3 is 0 Å². The molecule has 108 valence electrons. The van der Waals surface area contributed by atoms with Gasteiger partial charge in [0, 0.05) is 19.1 Å². The molecular formula is C15H31NO2. The highest BCUT2D eigenvalue weighted by molar-refractivity contribution is 4.78. The van der Waals surface area contributed by atoms with Crippen LogP contribution in [-0.4, -0.2) is 49.0 Å². The number of ether oxygens (including phenoxy) is 1. The zero-order chi connectivity index (χ0) is 13.5. The fourth-order valence-corrected chi connectivity index (χ4v) is 2.78. The fourth-order valence-electron chi connectivity index (χ4n) is 2.78. The molecule has 1 aliphatic rings. The zero-order valence-electron chi connectivity index (χ0n) is 12.6. The number of piperidine rings is 1. The van der Waals surface area contributed by atoms with E-state index in [9.17, 15) is 5.11 Å². The summed E-state index contributed by atoms with van der Waals surface area (Å²) in [6.07, 6.45) is 2.68. The third-order valence-corrected chi connectivity index (χ3v) is 3.80. The van der Waals surface area contributed by atoms with Crippen LogP contribution in [-0.2, 0) is 4.74 Å². The van der Waals surface area contributed by atoms with E-state index in [2.05, 4.69) is 32.6 Å². The Balaban J connectivity index is 2.30. The van der Waals surface area contributed by atoms with Crippen LogP contribution in [0.4, 0.5) is 0 Å². The van der Waals surface area contributed by atoms with Crippen molar-refractivity contribution in [1.82, 2.24) is 4.90 Å². The Labute approximate surface area is 113 Å². The fraction of sp³-hybridized carbons (Fsp3) is 1.00. The summed E-state index contributed by atoms with van der Waals surface area (Å²) < 4.78 is 5.67. The van der Waals surface area contributed by atoms with Gasteiger partial charge in [0.25, 0.3) is 0 Å². The van der Waals surface area contributed by atoms with Crippen LogP contribution < -0.4 is 0 Å². The zero-order valence-corrected chi connectivity index (χ0v) is 12.6. The van der Waals surface area contributed by atoms with Crippen molar-refractivity contribution in [3.8, 4) is 0 Å². The first kappa shape index (κ1) is 15.9. The van der Waals surface area contributed by atoms with Crippen LogP contribution in [0, 0.1) is 17.8 Å². The molecule has 0 amide bonds. The van der Waals surface area contributed by atoms with Gasteiger partial charge in [0.2, 0.25) is 0 Å². The van der Waals surface area contributed by atoms with Crippen molar-refractivity contribution in [3.05, 3.63) is 0 Å². The molecule has 0 saturated carbocycles. The Bertz CT molecular complexity index is 211. The lowest BCUT2D eigenvalue weighted by Gasteiger charge is -2.36. The molecule has 3 nitrogen and oxygen atoms in total. The number of nitrogens with zero attached hydrogens (tertiary/aromatic N) is 1. The largest absolute Gasteiger partial charge is 0.396 e. The summed E-state index contributed by atoms with van der Waals surface area (Å²) >= 11 is 0. The third-order valence-electron chi connectivity index (χ3n) is 3.80. The average molecular weight is 257 g/mol. The minimum absolute atomic E-state index is 0.264. The average Bonchev–Trinajstić information content (AvgIpc) is 2.31. The normalized spacial score (nSPS) is 20.8. The number of aliphatic hydroxyl groups excluding tert-OH is 1. The minimum atomic E-state index is 0.264. The maximum atomic E-state index is 9.51. The van der Waals surface area contributed by atoms with Crippen molar-refractivity contribution in [2.24, 2.45) is 17.8 Å². The lowest BCUT2D eigenvalue weighted by atomic mass is 9.85. The van der Waals surface area contributed by atoms with Crippen LogP contribution >= 0.6 is 0 Å². The van der Waals surface area contributed by atoms with Crippen LogP contribution in [0.5, 0.6) is 0 Å². The van der Waals surface area contributed by atoms with Gasteiger partial charge in [0.15, 0.2) is 0 Å². The summed E-state index contributed by atoms with van der Waals surface area (Å²) in [5.41, 5.74) is 0. The predicted molar refractivity (Wildman–Crippen MR) is 75.7 cm³/mol. The first-order valence-corrected chi connectivity index (χ1v) is 7.47. The summed E-state index contributed by atoms with van der Waals surface area (Å²) in [4.78, 5) is 2.55. The number of hydrogen-bond donors (Lipinski definition) is 1. The molecule has 0 aromatic carbocycles. The SMILES string of the molecule is CC(C)CN1CCC(C(CO)COC(C)C)CC1. The highest BCUT2D eigenvalue weighted by Crippen LogP contribution is 2.26. The standard InChI is InChI=1S/C15H31NO2/c1-12(2)9-16-7-5-14(6-8-16)15(10-17)11-18-13(3)4/h12-15,17H,5-11H2,1-4H3. The minimum Gasteiger partial charge on any atom is -0.396 e. The molecule has 1 fully saturated rings. The predicted octanol–water partition coefficient (Wildman–Crippen LogP) is 2.39. The van der Waals surface area contributed by atoms with Gasteiger partial charge in [-0.3, -0.25) is 0 Å². The molecule has 1 heterocycles. The monoisotopic (exact) mass is 257 g/mol. The van der Waals surface area contributed by atoms with Crippen molar-refractivity contribution >= 4 is 0 Å². The van der Waals surface area contributed by atoms with E-state index in [1.165, 1.54) is 32.5 Å². The van der Waals surface area contributed by atoms with Crippen LogP contribution in [0.1, 0.15) is 40.5 Å². The molecular weight excluding hydrogens is 226 g/mol. The lowest BCUT2D eigenvalue weighted by Crippen LogP contribution is -2.39. The Hall–Kier alpha value is -0.120. The molecule has 0 radical (unpaired) electrons. The second kappa shape index (κ2) is 8.13. The molecule has 1 N–H and O–H groups in total. The molecule has 1 saturated heterocycles. The molecule has 1 aliphatic heterocycles. The Morgan fingerprint density at radius 1 is 1.17 bits per heavy atom. The first-order chi connectivity index (χ1) is 8.52. The van der Waals surface area contributed by atoms with E-state index in [-0.39, 0.29) is 12.7 Å². The second-order valence-corrected chi connectivity index (χ2v) is 6.36. The highest BCUT2D eigenvalue weighted by Gasteiger charge is 2.26. The van der Waals surface area contributed by atoms with Crippen LogP contribution in [0.15, 0.2) is 0 Å². The molecule has 18 heavy (non-hydrogen) atoms. The van der Waals surface area contributed by atoms with E-state index in [1.807, 2.05) is 0 Å². The van der Waals surface area contributed by atoms with Crippen molar-refractivity contribution in [2.45, 2.75) is 46.6 Å². The smallest absolute Gasteiger partial charge is 0.0522 e. The summed E-state index contributed by atoms with van der Waals surface area (Å²) in [5, 5.41) is 9.51. The van der Waals surface area contributed by atoms with E-state index in [4.69, 9.17) is 4.74 Å². The van der Waals surface area contributed by atoms with Gasteiger partial charge in [-0.25, -0.2) is 0 Å². The van der Waals surface area contributed by atoms with E-state index in [0.29, 0.717) is 18.4 Å². The maximum absolute atomic E-state index is 9.51. The lowest BCUT2D eigenvalue weighted by molar-refractivity contribution is 0.000146. The van der Waals surface area contributed by atoms with Gasteiger partial charge in [-0.1, -0.05) is 13.8 Å². The Kier molecular flexibility index (Phi) is 7.20. The van der Waals surface area contributed by atoms with Gasteiger partial charge in [-0.15, -0.1) is 0 Å². The molecule has 0 spiro atoms. The Morgan fingerprint density at radius 3 is 2.22 bits per heavy atom. The molecule has 1 rings (SSSR count). The summed E-state index contributed by atoms with van der Waals surface area (Å²) in [5.74, 6) is 1.71. The van der Waals surface area contributed by atoms with Crippen LogP contribution in [0.3, 0.4) is 0 Å². The quantitative estimate of drug-likeness (QED) is 0.760. The van der Waals surface area contributed by atoms with E-state index in [1.54, 1.807) is 0 Å². The molecule has 3 heteroatoms. The second-order valence-electron chi connectivity index (χ2n) is 6.36. The summed E-state index contributed by atoms with van der Waals surface area (Å²) in [6, 6.07) is 0. The molecule has 0 aromatic heterocycles. The number of likely N-dealkylation sites (tertiary alicyclic amines) is 1. The molecule has 0 aliphatic carbocycles. The van der Waals surface area contributed by atoms with Crippen molar-refractivity contribution < 1.29 is 9.84 Å². The third kappa shape index (κ3) is 5.68. The molecule has 1 unspecified atom stereocenters. The van der Waals surface area contributed by atoms with E-state index < -0.39 is 0 Å². The van der Waals surface area contributed by atoms with Crippen LogP contribution in [0.2, 0.25) is 0 Å². The van der Waals surface area contributed by atoms with E-state index in [0.717, 1.165) is 5.92 Å². The highest BCUT2D eigenvalue weighted by atomic mass is 16.5. The van der Waals surface area contributed by atoms with Gasteiger partial charge < -0.3 is 14.7 Å². The first-order valence-electron chi connectivity index (χ1n) is 7.47. The summed E-state index contributed by atoms with van der Waals surface area (Å²) in [6.45, 7) is 13.2. The summed E-state index contributed by atoms with van der Waals surface area (Å²) in [7, 11) is 0. The van der Waals surface area contributed by atoms with Gasteiger partial charge in [0.1, 0.15) is 0 Å². The maximum Gasteiger partial charge on any atom is 0.0522 e. The molecule has 1 atom stereocenters. The van der Waals surface area contributed by atoms with Crippen molar-refractivity contribution in [3.63, 3.8) is 0 Å². The number of rotatable bonds is 7. The number of aliphatic hydroxyl groups is 1. The van der Waals surface area contributed by atoms with E-state index >= 15 is 0 Å². The Morgan fingerprint density at radius 2 is 1.78 bits per heavy atom. The molecule has 0 aromatic rings. The van der Waals surface area contributed by atoms with Crippen LogP contribution in [0.25, 0.3) is 0 Å². The molecule has 0 bridgehead atoms.